The first kappa shape index (κ1) is 16.9. The van der Waals surface area contributed by atoms with Gasteiger partial charge in [-0.1, -0.05) is 24.3 Å². The third-order valence-electron chi connectivity index (χ3n) is 4.56. The molecule has 0 N–H and O–H groups in total. The third kappa shape index (κ3) is 3.69. The van der Waals surface area contributed by atoms with Gasteiger partial charge in [0, 0.05) is 29.8 Å². The average molecular weight is 350 g/mol. The summed E-state index contributed by atoms with van der Waals surface area (Å²) in [5, 5.41) is 2.22. The zero-order valence-corrected chi connectivity index (χ0v) is 14.9. The average Bonchev–Trinajstić information content (AvgIpc) is 2.70. The van der Waals surface area contributed by atoms with Gasteiger partial charge in [0.1, 0.15) is 11.6 Å². The molecular weight excluding hydrogens is 328 g/mol. The number of ether oxygens (including phenoxy) is 3. The summed E-state index contributed by atoms with van der Waals surface area (Å²) in [6.45, 7) is 4.49. The Morgan fingerprint density at radius 3 is 2.62 bits per heavy atom. The molecule has 0 radical (unpaired) electrons. The van der Waals surface area contributed by atoms with Crippen LogP contribution in [-0.2, 0) is 9.47 Å². The van der Waals surface area contributed by atoms with E-state index in [0.717, 1.165) is 39.9 Å². The Balaban J connectivity index is 1.56. The molecule has 1 aliphatic rings. The van der Waals surface area contributed by atoms with Crippen LogP contribution in [0.4, 0.5) is 0 Å². The molecule has 0 amide bonds. The Bertz CT molecular complexity index is 874. The number of aryl methyl sites for hydroxylation is 1. The van der Waals surface area contributed by atoms with Gasteiger partial charge in [0.2, 0.25) is 0 Å². The summed E-state index contributed by atoms with van der Waals surface area (Å²) >= 11 is 0. The molecule has 1 aliphatic heterocycles. The molecule has 5 heteroatoms. The third-order valence-corrected chi connectivity index (χ3v) is 4.56. The maximum atomic E-state index is 6.07. The lowest BCUT2D eigenvalue weighted by Crippen LogP contribution is -2.29. The van der Waals surface area contributed by atoms with Crippen LogP contribution in [0.1, 0.15) is 12.2 Å². The van der Waals surface area contributed by atoms with Gasteiger partial charge in [-0.3, -0.25) is 0 Å². The minimum atomic E-state index is 0.124. The number of benzene rings is 2. The van der Waals surface area contributed by atoms with Crippen molar-refractivity contribution in [3.05, 3.63) is 54.6 Å². The molecule has 1 aromatic heterocycles. The van der Waals surface area contributed by atoms with Gasteiger partial charge in [-0.15, -0.1) is 0 Å². The van der Waals surface area contributed by atoms with E-state index in [2.05, 4.69) is 28.2 Å². The highest BCUT2D eigenvalue weighted by Crippen LogP contribution is 2.34. The van der Waals surface area contributed by atoms with Crippen LogP contribution in [0, 0.1) is 6.92 Å². The van der Waals surface area contributed by atoms with Crippen LogP contribution in [0.15, 0.2) is 48.8 Å². The summed E-state index contributed by atoms with van der Waals surface area (Å²) in [6.07, 6.45) is 4.68. The van der Waals surface area contributed by atoms with Crippen LogP contribution in [0.3, 0.4) is 0 Å². The molecule has 0 saturated carbocycles. The maximum Gasteiger partial charge on any atom is 0.127 e. The first-order valence-electron chi connectivity index (χ1n) is 8.94. The second kappa shape index (κ2) is 7.81. The van der Waals surface area contributed by atoms with Gasteiger partial charge in [-0.05, 0) is 30.0 Å². The molecule has 1 unspecified atom stereocenters. The van der Waals surface area contributed by atoms with Gasteiger partial charge in [-0.25, -0.2) is 9.97 Å². The standard InChI is InChI=1S/C21H22N2O3/c1-15-22-12-16(13-23-15)18-6-7-21(20-5-3-2-4-19(18)20)26-9-8-17-14-24-10-11-25-17/h2-7,12-13,17H,8-11,14H2,1H3. The summed E-state index contributed by atoms with van der Waals surface area (Å²) < 4.78 is 17.2. The number of aromatic nitrogens is 2. The Morgan fingerprint density at radius 1 is 1.04 bits per heavy atom. The van der Waals surface area contributed by atoms with Crippen LogP contribution < -0.4 is 4.74 Å². The van der Waals surface area contributed by atoms with Crippen molar-refractivity contribution in [3.63, 3.8) is 0 Å². The topological polar surface area (TPSA) is 53.5 Å². The molecule has 4 rings (SSSR count). The molecule has 0 aliphatic carbocycles. The first-order valence-corrected chi connectivity index (χ1v) is 8.94. The molecule has 134 valence electrons. The van der Waals surface area contributed by atoms with Crippen LogP contribution >= 0.6 is 0 Å². The number of rotatable bonds is 5. The van der Waals surface area contributed by atoms with E-state index in [0.29, 0.717) is 26.4 Å². The highest BCUT2D eigenvalue weighted by atomic mass is 16.6. The molecule has 1 saturated heterocycles. The van der Waals surface area contributed by atoms with Crippen LogP contribution in [0.5, 0.6) is 5.75 Å². The Morgan fingerprint density at radius 2 is 1.85 bits per heavy atom. The summed E-state index contributed by atoms with van der Waals surface area (Å²) in [5.41, 5.74) is 2.11. The van der Waals surface area contributed by atoms with E-state index < -0.39 is 0 Å². The molecule has 0 bridgehead atoms. The molecule has 0 spiro atoms. The molecule has 2 aromatic carbocycles. The minimum absolute atomic E-state index is 0.124. The van der Waals surface area contributed by atoms with E-state index in [4.69, 9.17) is 14.2 Å². The summed E-state index contributed by atoms with van der Waals surface area (Å²) in [4.78, 5) is 8.64. The van der Waals surface area contributed by atoms with Crippen molar-refractivity contribution in [2.45, 2.75) is 19.4 Å². The van der Waals surface area contributed by atoms with Crippen molar-refractivity contribution in [3.8, 4) is 16.9 Å². The summed E-state index contributed by atoms with van der Waals surface area (Å²) in [7, 11) is 0. The first-order chi connectivity index (χ1) is 12.8. The van der Waals surface area contributed by atoms with Gasteiger partial charge in [0.15, 0.2) is 0 Å². The van der Waals surface area contributed by atoms with E-state index >= 15 is 0 Å². The van der Waals surface area contributed by atoms with E-state index in [1.165, 1.54) is 0 Å². The second-order valence-corrected chi connectivity index (χ2v) is 6.38. The second-order valence-electron chi connectivity index (χ2n) is 6.38. The highest BCUT2D eigenvalue weighted by molar-refractivity contribution is 5.99. The Kier molecular flexibility index (Phi) is 5.09. The lowest BCUT2D eigenvalue weighted by Gasteiger charge is -2.23. The van der Waals surface area contributed by atoms with E-state index in [-0.39, 0.29) is 6.10 Å². The molecule has 1 fully saturated rings. The van der Waals surface area contributed by atoms with Crippen molar-refractivity contribution < 1.29 is 14.2 Å². The number of hydrogen-bond acceptors (Lipinski definition) is 5. The molecule has 5 nitrogen and oxygen atoms in total. The monoisotopic (exact) mass is 350 g/mol. The number of fused-ring (bicyclic) bond motifs is 1. The molecular formula is C21H22N2O3. The Labute approximate surface area is 152 Å². The van der Waals surface area contributed by atoms with Gasteiger partial charge in [-0.2, -0.15) is 0 Å². The zero-order chi connectivity index (χ0) is 17.8. The highest BCUT2D eigenvalue weighted by Gasteiger charge is 2.15. The van der Waals surface area contributed by atoms with E-state index in [9.17, 15) is 0 Å². The quantitative estimate of drug-likeness (QED) is 0.701. The molecule has 1 atom stereocenters. The fourth-order valence-electron chi connectivity index (χ4n) is 3.18. The molecule has 3 aromatic rings. The maximum absolute atomic E-state index is 6.07. The minimum Gasteiger partial charge on any atom is -0.493 e. The smallest absolute Gasteiger partial charge is 0.127 e. The Hall–Kier alpha value is -2.50. The normalized spacial score (nSPS) is 17.3. The van der Waals surface area contributed by atoms with Crippen molar-refractivity contribution in [2.24, 2.45) is 0 Å². The fraction of sp³-hybridized carbons (Fsp3) is 0.333. The fourth-order valence-corrected chi connectivity index (χ4v) is 3.18. The van der Waals surface area contributed by atoms with Crippen molar-refractivity contribution in [2.75, 3.05) is 26.4 Å². The van der Waals surface area contributed by atoms with Crippen molar-refractivity contribution in [1.82, 2.24) is 9.97 Å². The lowest BCUT2D eigenvalue weighted by molar-refractivity contribution is -0.0935. The van der Waals surface area contributed by atoms with Gasteiger partial charge >= 0.3 is 0 Å². The summed E-state index contributed by atoms with van der Waals surface area (Å²) in [6, 6.07) is 12.4. The van der Waals surface area contributed by atoms with Gasteiger partial charge in [0.25, 0.3) is 0 Å². The van der Waals surface area contributed by atoms with Crippen molar-refractivity contribution >= 4 is 10.8 Å². The van der Waals surface area contributed by atoms with E-state index in [1.807, 2.05) is 37.5 Å². The zero-order valence-electron chi connectivity index (χ0n) is 14.9. The predicted octanol–water partition coefficient (Wildman–Crippen LogP) is 3.79. The number of nitrogens with zero attached hydrogens (tertiary/aromatic N) is 2. The largest absolute Gasteiger partial charge is 0.493 e. The van der Waals surface area contributed by atoms with Crippen LogP contribution in [0.25, 0.3) is 21.9 Å². The van der Waals surface area contributed by atoms with Gasteiger partial charge < -0.3 is 14.2 Å². The van der Waals surface area contributed by atoms with Gasteiger partial charge in [0.05, 0.1) is 32.5 Å². The van der Waals surface area contributed by atoms with Crippen molar-refractivity contribution in [1.29, 1.82) is 0 Å². The number of hydrogen-bond donors (Lipinski definition) is 0. The van der Waals surface area contributed by atoms with Crippen LogP contribution in [0.2, 0.25) is 0 Å². The van der Waals surface area contributed by atoms with Crippen LogP contribution in [-0.4, -0.2) is 42.5 Å². The lowest BCUT2D eigenvalue weighted by atomic mass is 9.99. The predicted molar refractivity (Wildman–Crippen MR) is 100 cm³/mol. The molecule has 26 heavy (non-hydrogen) atoms. The SMILES string of the molecule is Cc1ncc(-c2ccc(OCCC3COCCO3)c3ccccc23)cn1. The molecule has 2 heterocycles. The van der Waals surface area contributed by atoms with E-state index in [1.54, 1.807) is 0 Å². The summed E-state index contributed by atoms with van der Waals surface area (Å²) in [5.74, 6) is 1.65.